The van der Waals surface area contributed by atoms with Gasteiger partial charge in [0.2, 0.25) is 0 Å². The minimum absolute atomic E-state index is 0.168. The van der Waals surface area contributed by atoms with Gasteiger partial charge in [-0.1, -0.05) is 56.4 Å². The van der Waals surface area contributed by atoms with Gasteiger partial charge in [0, 0.05) is 23.6 Å². The van der Waals surface area contributed by atoms with Crippen LogP contribution in [0.5, 0.6) is 0 Å². The predicted molar refractivity (Wildman–Crippen MR) is 128 cm³/mol. The highest BCUT2D eigenvalue weighted by Gasteiger charge is 2.42. The lowest BCUT2D eigenvalue weighted by Gasteiger charge is -2.35. The zero-order valence-electron chi connectivity index (χ0n) is 18.2. The summed E-state index contributed by atoms with van der Waals surface area (Å²) in [6.45, 7) is 4.79. The smallest absolute Gasteiger partial charge is 0.338 e. The minimum atomic E-state index is -0.789. The molecule has 1 aliphatic rings. The van der Waals surface area contributed by atoms with Gasteiger partial charge < -0.3 is 9.47 Å². The van der Waals surface area contributed by atoms with Crippen molar-refractivity contribution in [2.75, 3.05) is 24.9 Å². The Kier molecular flexibility index (Phi) is 9.42. The fraction of sp³-hybridized carbons (Fsp3) is 0.583. The van der Waals surface area contributed by atoms with E-state index in [0.29, 0.717) is 27.7 Å². The second-order valence-electron chi connectivity index (χ2n) is 7.91. The van der Waals surface area contributed by atoms with Crippen molar-refractivity contribution in [3.05, 3.63) is 36.4 Å². The zero-order chi connectivity index (χ0) is 21.2. The minimum Gasteiger partial charge on any atom is -0.464 e. The lowest BCUT2D eigenvalue weighted by molar-refractivity contribution is -0.171. The molecule has 3 rings (SSSR count). The lowest BCUT2D eigenvalue weighted by atomic mass is 9.81. The molecular weight excluding hydrogens is 413 g/mol. The number of hydrogen-bond donors (Lipinski definition) is 0. The predicted octanol–water partition coefficient (Wildman–Crippen LogP) is 6.27. The van der Waals surface area contributed by atoms with E-state index in [2.05, 4.69) is 18.2 Å². The molecule has 0 bridgehead atoms. The topological polar surface area (TPSA) is 48.4 Å². The number of fused-ring (bicyclic) bond motifs is 1. The number of carbonyl (C=O) groups excluding carboxylic acids is 1. The monoisotopic (exact) mass is 447 g/mol. The molecule has 2 aromatic rings. The lowest BCUT2D eigenvalue weighted by Crippen LogP contribution is -2.47. The van der Waals surface area contributed by atoms with E-state index in [1.807, 2.05) is 32.0 Å². The van der Waals surface area contributed by atoms with E-state index in [4.69, 9.17) is 14.5 Å². The van der Waals surface area contributed by atoms with Crippen LogP contribution in [-0.2, 0) is 14.3 Å². The molecule has 0 saturated heterocycles. The molecule has 0 aliphatic heterocycles. The molecule has 1 heterocycles. The third kappa shape index (κ3) is 6.42. The fourth-order valence-electron chi connectivity index (χ4n) is 4.30. The van der Waals surface area contributed by atoms with E-state index < -0.39 is 5.60 Å². The second-order valence-corrected chi connectivity index (χ2v) is 10.6. The van der Waals surface area contributed by atoms with Crippen molar-refractivity contribution in [3.8, 4) is 0 Å². The molecule has 1 aliphatic carbocycles. The van der Waals surface area contributed by atoms with Crippen molar-refractivity contribution in [3.63, 3.8) is 0 Å². The molecule has 1 aromatic carbocycles. The van der Waals surface area contributed by atoms with Crippen LogP contribution in [0.4, 0.5) is 0 Å². The summed E-state index contributed by atoms with van der Waals surface area (Å²) in [6, 6.07) is 12.4. The van der Waals surface area contributed by atoms with E-state index in [1.54, 1.807) is 11.8 Å². The number of carbonyl (C=O) groups is 1. The van der Waals surface area contributed by atoms with Gasteiger partial charge in [-0.25, -0.2) is 9.78 Å². The summed E-state index contributed by atoms with van der Waals surface area (Å²) in [7, 11) is 0.611. The van der Waals surface area contributed by atoms with Crippen molar-refractivity contribution >= 4 is 37.2 Å². The summed E-state index contributed by atoms with van der Waals surface area (Å²) < 4.78 is 11.7. The van der Waals surface area contributed by atoms with Crippen LogP contribution in [0, 0.1) is 5.92 Å². The first-order valence-corrected chi connectivity index (χ1v) is 13.6. The van der Waals surface area contributed by atoms with Crippen molar-refractivity contribution in [1.29, 1.82) is 0 Å². The first-order chi connectivity index (χ1) is 14.7. The summed E-state index contributed by atoms with van der Waals surface area (Å²) in [5.41, 5.74) is 1.17. The number of thioether (sulfide) groups is 1. The van der Waals surface area contributed by atoms with Gasteiger partial charge in [-0.3, -0.25) is 0 Å². The average molecular weight is 448 g/mol. The van der Waals surface area contributed by atoms with Crippen LogP contribution in [0.2, 0.25) is 0 Å². The number of ether oxygens (including phenoxy) is 2. The Bertz CT molecular complexity index is 812. The number of pyridine rings is 1. The molecule has 30 heavy (non-hydrogen) atoms. The molecule has 0 amide bonds. The largest absolute Gasteiger partial charge is 0.464 e. The molecule has 2 atom stereocenters. The van der Waals surface area contributed by atoms with Gasteiger partial charge >= 0.3 is 5.97 Å². The Morgan fingerprint density at radius 3 is 2.70 bits per heavy atom. The van der Waals surface area contributed by atoms with E-state index >= 15 is 0 Å². The molecule has 2 unspecified atom stereocenters. The van der Waals surface area contributed by atoms with Crippen LogP contribution in [0.25, 0.3) is 10.9 Å². The molecule has 0 N–H and O–H groups in total. The van der Waals surface area contributed by atoms with Crippen LogP contribution in [0.1, 0.15) is 52.4 Å². The van der Waals surface area contributed by atoms with Gasteiger partial charge in [0.05, 0.1) is 17.1 Å². The van der Waals surface area contributed by atoms with E-state index in [0.717, 1.165) is 34.0 Å². The number of hydrogen-bond acceptors (Lipinski definition) is 5. The highest BCUT2D eigenvalue weighted by molar-refractivity contribution is 8.03. The van der Waals surface area contributed by atoms with Gasteiger partial charge in [0.15, 0.2) is 5.60 Å². The average Bonchev–Trinajstić information content (AvgIpc) is 2.77. The zero-order valence-corrected chi connectivity index (χ0v) is 20.0. The highest BCUT2D eigenvalue weighted by Crippen LogP contribution is 2.38. The maximum Gasteiger partial charge on any atom is 0.338 e. The van der Waals surface area contributed by atoms with Crippen LogP contribution in [-0.4, -0.2) is 41.4 Å². The number of nitrogens with zero attached hydrogens (tertiary/aromatic N) is 1. The van der Waals surface area contributed by atoms with Crippen molar-refractivity contribution in [2.24, 2.45) is 5.92 Å². The standard InChI is InChI=1S/C24H34NO3PS/c1-3-27-23(26)24(28-4-2,16-19-10-6-5-7-11-19)17-29-18-30-22-15-14-20-12-8-9-13-21(20)25-22/h8-9,12-15,19,29H,3-7,10-11,16-18H2,1-2H3. The van der Waals surface area contributed by atoms with Gasteiger partial charge in [0.25, 0.3) is 0 Å². The molecule has 0 radical (unpaired) electrons. The molecule has 0 spiro atoms. The molecule has 164 valence electrons. The third-order valence-electron chi connectivity index (χ3n) is 5.72. The summed E-state index contributed by atoms with van der Waals surface area (Å²) in [6.07, 6.45) is 7.78. The summed E-state index contributed by atoms with van der Waals surface area (Å²) >= 11 is 1.76. The number of aromatic nitrogens is 1. The Balaban J connectivity index is 1.62. The summed E-state index contributed by atoms with van der Waals surface area (Å²) in [5.74, 6) is 0.396. The van der Waals surface area contributed by atoms with Gasteiger partial charge in [0.1, 0.15) is 0 Å². The van der Waals surface area contributed by atoms with Gasteiger partial charge in [-0.2, -0.15) is 0 Å². The third-order valence-corrected chi connectivity index (χ3v) is 8.45. The van der Waals surface area contributed by atoms with Gasteiger partial charge in [-0.15, -0.1) is 20.3 Å². The number of rotatable bonds is 11. The Labute approximate surface area is 186 Å². The maximum absolute atomic E-state index is 13.0. The number of para-hydroxylation sites is 1. The van der Waals surface area contributed by atoms with Crippen LogP contribution in [0.15, 0.2) is 41.4 Å². The SMILES string of the molecule is CCOC(=O)C(CPCSc1ccc2ccccc2n1)(CC1CCCCC1)OCC. The quantitative estimate of drug-likeness (QED) is 0.176. The maximum atomic E-state index is 13.0. The number of benzene rings is 1. The Morgan fingerprint density at radius 2 is 1.93 bits per heavy atom. The van der Waals surface area contributed by atoms with Crippen molar-refractivity contribution in [1.82, 2.24) is 4.98 Å². The first kappa shape index (κ1) is 23.5. The molecule has 6 heteroatoms. The Morgan fingerprint density at radius 1 is 1.13 bits per heavy atom. The van der Waals surface area contributed by atoms with Crippen LogP contribution >= 0.6 is 20.3 Å². The summed E-state index contributed by atoms with van der Waals surface area (Å²) in [5, 5.41) is 2.20. The molecule has 4 nitrogen and oxygen atoms in total. The molecular formula is C24H34NO3PS. The second kappa shape index (κ2) is 12.0. The van der Waals surface area contributed by atoms with Crippen molar-refractivity contribution in [2.45, 2.75) is 63.0 Å². The molecule has 1 aromatic heterocycles. The van der Waals surface area contributed by atoms with E-state index in [1.165, 1.54) is 32.1 Å². The van der Waals surface area contributed by atoms with E-state index in [-0.39, 0.29) is 5.97 Å². The highest BCUT2D eigenvalue weighted by atomic mass is 32.2. The van der Waals surface area contributed by atoms with Crippen LogP contribution < -0.4 is 0 Å². The Hall–Kier alpha value is -1.16. The fourth-order valence-corrected chi connectivity index (χ4v) is 6.83. The first-order valence-electron chi connectivity index (χ1n) is 11.2. The van der Waals surface area contributed by atoms with Crippen LogP contribution in [0.3, 0.4) is 0 Å². The molecule has 1 fully saturated rings. The van der Waals surface area contributed by atoms with Crippen molar-refractivity contribution < 1.29 is 14.3 Å². The molecule has 1 saturated carbocycles. The summed E-state index contributed by atoms with van der Waals surface area (Å²) in [4.78, 5) is 17.7. The van der Waals surface area contributed by atoms with E-state index in [9.17, 15) is 4.79 Å². The van der Waals surface area contributed by atoms with Gasteiger partial charge in [-0.05, 0) is 38.3 Å². The normalized spacial score (nSPS) is 17.4. The number of esters is 1.